The first kappa shape index (κ1) is 17.9. The van der Waals surface area contributed by atoms with Crippen molar-refractivity contribution in [2.24, 2.45) is 0 Å². The summed E-state index contributed by atoms with van der Waals surface area (Å²) < 4.78 is 1.78. The van der Waals surface area contributed by atoms with Crippen LogP contribution in [0.15, 0.2) is 30.3 Å². The molecule has 1 aromatic carbocycles. The Bertz CT molecular complexity index is 690. The monoisotopic (exact) mass is 359 g/mol. The van der Waals surface area contributed by atoms with Gasteiger partial charge in [-0.25, -0.2) is 0 Å². The van der Waals surface area contributed by atoms with Crippen LogP contribution in [-0.2, 0) is 6.42 Å². The fraction of sp³-hybridized carbons (Fsp3) is 0.556. The Labute approximate surface area is 153 Å². The van der Waals surface area contributed by atoms with Gasteiger partial charge in [-0.1, -0.05) is 43.3 Å². The minimum Gasteiger partial charge on any atom is -0.391 e. The molecule has 1 heterocycles. The molecule has 0 radical (unpaired) electrons. The number of aromatic nitrogens is 4. The van der Waals surface area contributed by atoms with Gasteiger partial charge in [0.15, 0.2) is 5.82 Å². The smallest absolute Gasteiger partial charge is 0.156 e. The number of para-hydroxylation sites is 1. The van der Waals surface area contributed by atoms with Crippen molar-refractivity contribution in [3.05, 3.63) is 36.2 Å². The lowest BCUT2D eigenvalue weighted by atomic mass is 9.91. The molecular formula is C18H25N5OS. The summed E-state index contributed by atoms with van der Waals surface area (Å²) in [5, 5.41) is 22.2. The Balaban J connectivity index is 1.53. The first-order valence-electron chi connectivity index (χ1n) is 8.93. The number of aryl methyl sites for hydroxylation is 1. The van der Waals surface area contributed by atoms with Crippen molar-refractivity contribution in [2.75, 3.05) is 7.05 Å². The van der Waals surface area contributed by atoms with Gasteiger partial charge in [-0.2, -0.15) is 4.68 Å². The van der Waals surface area contributed by atoms with Gasteiger partial charge in [-0.15, -0.1) is 5.10 Å². The average molecular weight is 359 g/mol. The molecule has 1 aliphatic rings. The highest BCUT2D eigenvalue weighted by Gasteiger charge is 2.27. The Hall–Kier alpha value is -1.86. The van der Waals surface area contributed by atoms with E-state index >= 15 is 0 Å². The van der Waals surface area contributed by atoms with Crippen LogP contribution in [0.1, 0.15) is 44.3 Å². The lowest BCUT2D eigenvalue weighted by Crippen LogP contribution is -2.45. The zero-order chi connectivity index (χ0) is 17.6. The van der Waals surface area contributed by atoms with Crippen LogP contribution in [0, 0.1) is 0 Å². The average Bonchev–Trinajstić information content (AvgIpc) is 3.11. The zero-order valence-electron chi connectivity index (χ0n) is 14.6. The summed E-state index contributed by atoms with van der Waals surface area (Å²) in [5.74, 6) is 0.842. The largest absolute Gasteiger partial charge is 0.391 e. The quantitative estimate of drug-likeness (QED) is 0.800. The third-order valence-electron chi connectivity index (χ3n) is 4.91. The molecule has 2 aromatic rings. The van der Waals surface area contributed by atoms with Gasteiger partial charge >= 0.3 is 0 Å². The molecule has 0 spiro atoms. The van der Waals surface area contributed by atoms with Crippen LogP contribution >= 0.6 is 12.2 Å². The highest BCUT2D eigenvalue weighted by atomic mass is 32.1. The minimum absolute atomic E-state index is 0.163. The lowest BCUT2D eigenvalue weighted by molar-refractivity contribution is 0.0595. The van der Waals surface area contributed by atoms with Crippen molar-refractivity contribution in [3.63, 3.8) is 0 Å². The predicted octanol–water partition coefficient (Wildman–Crippen LogP) is 2.55. The summed E-state index contributed by atoms with van der Waals surface area (Å²) in [6.07, 6.45) is 6.37. The normalized spacial score (nSPS) is 20.4. The number of thiocarbonyl (C=S) groups is 1. The standard InChI is InChI=1S/C18H25N5OS/c1-22(15-10-5-6-11-16(15)24)18(25)13-7-12-17-19-20-21-23(17)14-8-3-2-4-9-14/h2-4,8-9,15-16,24H,5-7,10-13H2,1H3. The molecule has 0 aliphatic heterocycles. The van der Waals surface area contributed by atoms with E-state index in [-0.39, 0.29) is 12.1 Å². The number of hydrogen-bond acceptors (Lipinski definition) is 5. The van der Waals surface area contributed by atoms with Gasteiger partial charge in [0, 0.05) is 13.5 Å². The number of rotatable bonds is 6. The molecule has 1 saturated carbocycles. The molecule has 0 bridgehead atoms. The van der Waals surface area contributed by atoms with Gasteiger partial charge in [0.2, 0.25) is 0 Å². The molecule has 2 unspecified atom stereocenters. The van der Waals surface area contributed by atoms with Gasteiger partial charge in [-0.05, 0) is 48.2 Å². The summed E-state index contributed by atoms with van der Waals surface area (Å²) in [5.41, 5.74) is 0.965. The molecule has 1 aliphatic carbocycles. The van der Waals surface area contributed by atoms with E-state index in [2.05, 4.69) is 20.4 Å². The maximum atomic E-state index is 10.2. The van der Waals surface area contributed by atoms with Crippen LogP contribution in [0.3, 0.4) is 0 Å². The van der Waals surface area contributed by atoms with E-state index < -0.39 is 0 Å². The molecular weight excluding hydrogens is 334 g/mol. The number of hydrogen-bond donors (Lipinski definition) is 1. The summed E-state index contributed by atoms with van der Waals surface area (Å²) >= 11 is 5.59. The Morgan fingerprint density at radius 2 is 2.04 bits per heavy atom. The van der Waals surface area contributed by atoms with Gasteiger partial charge in [0.1, 0.15) is 0 Å². The van der Waals surface area contributed by atoms with E-state index in [0.29, 0.717) is 0 Å². The van der Waals surface area contributed by atoms with E-state index in [9.17, 15) is 5.11 Å². The fourth-order valence-electron chi connectivity index (χ4n) is 3.43. The first-order chi connectivity index (χ1) is 12.2. The van der Waals surface area contributed by atoms with E-state index in [4.69, 9.17) is 12.2 Å². The van der Waals surface area contributed by atoms with Crippen LogP contribution < -0.4 is 0 Å². The Morgan fingerprint density at radius 1 is 1.28 bits per heavy atom. The Morgan fingerprint density at radius 3 is 2.80 bits per heavy atom. The second kappa shape index (κ2) is 8.49. The topological polar surface area (TPSA) is 67.1 Å². The van der Waals surface area contributed by atoms with Crippen LogP contribution in [0.4, 0.5) is 0 Å². The van der Waals surface area contributed by atoms with Crippen molar-refractivity contribution < 1.29 is 5.11 Å². The van der Waals surface area contributed by atoms with Crippen molar-refractivity contribution in [3.8, 4) is 5.69 Å². The van der Waals surface area contributed by atoms with Crippen molar-refractivity contribution in [1.82, 2.24) is 25.1 Å². The molecule has 3 rings (SSSR count). The van der Waals surface area contributed by atoms with Crippen molar-refractivity contribution >= 4 is 17.2 Å². The number of likely N-dealkylation sites (N-methyl/N-ethyl adjacent to an activating group) is 1. The second-order valence-corrected chi connectivity index (χ2v) is 7.09. The minimum atomic E-state index is -0.262. The third-order valence-corrected chi connectivity index (χ3v) is 5.40. The van der Waals surface area contributed by atoms with E-state index in [0.717, 1.165) is 55.0 Å². The highest BCUT2D eigenvalue weighted by Crippen LogP contribution is 2.23. The van der Waals surface area contributed by atoms with Gasteiger partial charge < -0.3 is 10.0 Å². The van der Waals surface area contributed by atoms with Gasteiger partial charge in [-0.3, -0.25) is 0 Å². The molecule has 6 nitrogen and oxygen atoms in total. The summed E-state index contributed by atoms with van der Waals surface area (Å²) in [6.45, 7) is 0. The maximum Gasteiger partial charge on any atom is 0.156 e. The van der Waals surface area contributed by atoms with Crippen LogP contribution in [0.2, 0.25) is 0 Å². The van der Waals surface area contributed by atoms with E-state index in [1.807, 2.05) is 37.4 Å². The van der Waals surface area contributed by atoms with Crippen LogP contribution in [0.25, 0.3) is 5.69 Å². The number of benzene rings is 1. The molecule has 25 heavy (non-hydrogen) atoms. The third kappa shape index (κ3) is 4.41. The molecule has 7 heteroatoms. The predicted molar refractivity (Wildman–Crippen MR) is 101 cm³/mol. The summed E-state index contributed by atoms with van der Waals surface area (Å²) in [4.78, 5) is 3.00. The highest BCUT2D eigenvalue weighted by molar-refractivity contribution is 7.80. The van der Waals surface area contributed by atoms with Gasteiger partial charge in [0.05, 0.1) is 22.8 Å². The number of aliphatic hydroxyl groups excluding tert-OH is 1. The molecule has 1 fully saturated rings. The summed E-state index contributed by atoms with van der Waals surface area (Å²) in [7, 11) is 2.01. The zero-order valence-corrected chi connectivity index (χ0v) is 15.4. The number of tetrazole rings is 1. The lowest BCUT2D eigenvalue weighted by Gasteiger charge is -2.36. The SMILES string of the molecule is CN(C(=S)CCCc1nnnn1-c1ccccc1)C1CCCCC1O. The molecule has 1 N–H and O–H groups in total. The fourth-order valence-corrected chi connectivity index (χ4v) is 3.71. The number of nitrogens with zero attached hydrogens (tertiary/aromatic N) is 5. The van der Waals surface area contributed by atoms with Crippen molar-refractivity contribution in [1.29, 1.82) is 0 Å². The molecule has 2 atom stereocenters. The second-order valence-electron chi connectivity index (χ2n) is 6.62. The number of aliphatic hydroxyl groups is 1. The van der Waals surface area contributed by atoms with Gasteiger partial charge in [0.25, 0.3) is 0 Å². The van der Waals surface area contributed by atoms with E-state index in [1.54, 1.807) is 4.68 Å². The first-order valence-corrected chi connectivity index (χ1v) is 9.34. The summed E-state index contributed by atoms with van der Waals surface area (Å²) in [6, 6.07) is 10.1. The molecule has 1 aromatic heterocycles. The van der Waals surface area contributed by atoms with Crippen LogP contribution in [-0.4, -0.2) is 54.4 Å². The molecule has 0 saturated heterocycles. The maximum absolute atomic E-state index is 10.2. The van der Waals surface area contributed by atoms with E-state index in [1.165, 1.54) is 6.42 Å². The van der Waals surface area contributed by atoms with Crippen molar-refractivity contribution in [2.45, 2.75) is 57.1 Å². The Kier molecular flexibility index (Phi) is 6.09. The molecule has 134 valence electrons. The van der Waals surface area contributed by atoms with Crippen LogP contribution in [0.5, 0.6) is 0 Å². The molecule has 0 amide bonds.